The van der Waals surface area contributed by atoms with Gasteiger partial charge in [-0.3, -0.25) is 14.4 Å². The van der Waals surface area contributed by atoms with Crippen LogP contribution in [0.3, 0.4) is 0 Å². The minimum Gasteiger partial charge on any atom is -0.459 e. The summed E-state index contributed by atoms with van der Waals surface area (Å²) in [6, 6.07) is 2.30. The Bertz CT molecular complexity index is 503. The fourth-order valence-electron chi connectivity index (χ4n) is 1.52. The third-order valence-electron chi connectivity index (χ3n) is 2.42. The average Bonchev–Trinajstić information content (AvgIpc) is 2.87. The highest BCUT2D eigenvalue weighted by Gasteiger charge is 2.19. The van der Waals surface area contributed by atoms with E-state index in [1.165, 1.54) is 19.3 Å². The molecule has 0 unspecified atom stereocenters. The maximum absolute atomic E-state index is 11.8. The molecular weight excluding hydrogens is 274 g/mol. The van der Waals surface area contributed by atoms with E-state index >= 15 is 0 Å². The molecule has 7 heteroatoms. The molecular formula is C14H21N3O4. The van der Waals surface area contributed by atoms with Gasteiger partial charge in [-0.2, -0.15) is 0 Å². The first kappa shape index (κ1) is 16.7. The molecule has 0 saturated heterocycles. The minimum atomic E-state index is -0.773. The maximum Gasteiger partial charge on any atom is 0.287 e. The first-order valence-corrected chi connectivity index (χ1v) is 6.62. The molecule has 0 fully saturated rings. The van der Waals surface area contributed by atoms with Crippen LogP contribution in [0.2, 0.25) is 0 Å². The van der Waals surface area contributed by atoms with Crippen LogP contribution in [-0.4, -0.2) is 35.8 Å². The minimum absolute atomic E-state index is 0.125. The van der Waals surface area contributed by atoms with Gasteiger partial charge >= 0.3 is 0 Å². The molecule has 1 atom stereocenters. The lowest BCUT2D eigenvalue weighted by Crippen LogP contribution is -2.50. The van der Waals surface area contributed by atoms with Gasteiger partial charge in [0.25, 0.3) is 5.91 Å². The molecule has 1 aromatic heterocycles. The largest absolute Gasteiger partial charge is 0.459 e. The maximum atomic E-state index is 11.8. The Morgan fingerprint density at radius 3 is 2.48 bits per heavy atom. The lowest BCUT2D eigenvalue weighted by Gasteiger charge is -2.21. The lowest BCUT2D eigenvalue weighted by molar-refractivity contribution is -0.127. The molecule has 0 aromatic carbocycles. The predicted molar refractivity (Wildman–Crippen MR) is 76.5 cm³/mol. The number of rotatable bonds is 5. The van der Waals surface area contributed by atoms with E-state index in [4.69, 9.17) is 4.42 Å². The van der Waals surface area contributed by atoms with Crippen molar-refractivity contribution in [1.82, 2.24) is 16.0 Å². The first-order chi connectivity index (χ1) is 9.69. The van der Waals surface area contributed by atoms with Crippen molar-refractivity contribution in [3.05, 3.63) is 24.2 Å². The van der Waals surface area contributed by atoms with E-state index in [1.807, 2.05) is 20.8 Å². The molecule has 1 aromatic rings. The monoisotopic (exact) mass is 295 g/mol. The van der Waals surface area contributed by atoms with Crippen LogP contribution >= 0.6 is 0 Å². The molecule has 0 radical (unpaired) electrons. The third-order valence-corrected chi connectivity index (χ3v) is 2.42. The topological polar surface area (TPSA) is 100 Å². The van der Waals surface area contributed by atoms with Gasteiger partial charge < -0.3 is 20.4 Å². The molecule has 1 rings (SSSR count). The summed E-state index contributed by atoms with van der Waals surface area (Å²) in [5, 5.41) is 7.66. The van der Waals surface area contributed by atoms with E-state index in [0.717, 1.165) is 0 Å². The molecule has 0 aliphatic carbocycles. The van der Waals surface area contributed by atoms with E-state index in [9.17, 15) is 14.4 Å². The molecule has 0 saturated carbocycles. The molecule has 0 spiro atoms. The zero-order valence-corrected chi connectivity index (χ0v) is 12.6. The summed E-state index contributed by atoms with van der Waals surface area (Å²) in [6.45, 7) is 6.92. The smallest absolute Gasteiger partial charge is 0.287 e. The molecule has 0 aliphatic rings. The third kappa shape index (κ3) is 6.11. The Hall–Kier alpha value is -2.31. The number of amides is 3. The normalized spacial score (nSPS) is 12.4. The van der Waals surface area contributed by atoms with Crippen LogP contribution in [0.15, 0.2) is 22.8 Å². The molecule has 3 amide bonds. The highest BCUT2D eigenvalue weighted by Crippen LogP contribution is 2.00. The number of carbonyl (C=O) groups is 3. The highest BCUT2D eigenvalue weighted by molar-refractivity contribution is 5.96. The average molecular weight is 295 g/mol. The molecule has 0 bridgehead atoms. The van der Waals surface area contributed by atoms with Gasteiger partial charge in [-0.1, -0.05) is 0 Å². The SMILES string of the molecule is C[C@H](NC(=O)c1ccco1)C(=O)NCC(=O)NC(C)(C)C. The van der Waals surface area contributed by atoms with Crippen LogP contribution in [0.25, 0.3) is 0 Å². The summed E-state index contributed by atoms with van der Waals surface area (Å²) >= 11 is 0. The van der Waals surface area contributed by atoms with Crippen molar-refractivity contribution in [2.75, 3.05) is 6.54 Å². The summed E-state index contributed by atoms with van der Waals surface area (Å²) in [5.41, 5.74) is -0.360. The van der Waals surface area contributed by atoms with Crippen molar-refractivity contribution in [3.8, 4) is 0 Å². The van der Waals surface area contributed by atoms with E-state index in [2.05, 4.69) is 16.0 Å². The summed E-state index contributed by atoms with van der Waals surface area (Å²) < 4.78 is 4.92. The van der Waals surface area contributed by atoms with Crippen LogP contribution in [0.5, 0.6) is 0 Å². The van der Waals surface area contributed by atoms with Crippen molar-refractivity contribution in [2.45, 2.75) is 39.3 Å². The summed E-state index contributed by atoms with van der Waals surface area (Å²) in [4.78, 5) is 35.0. The quantitative estimate of drug-likeness (QED) is 0.733. The number of hydrogen-bond acceptors (Lipinski definition) is 4. The van der Waals surface area contributed by atoms with Gasteiger partial charge in [-0.05, 0) is 39.8 Å². The van der Waals surface area contributed by atoms with Gasteiger partial charge in [0.05, 0.1) is 12.8 Å². The molecule has 3 N–H and O–H groups in total. The van der Waals surface area contributed by atoms with E-state index in [1.54, 1.807) is 6.07 Å². The van der Waals surface area contributed by atoms with Gasteiger partial charge in [0, 0.05) is 5.54 Å². The molecule has 7 nitrogen and oxygen atoms in total. The second-order valence-corrected chi connectivity index (χ2v) is 5.69. The Labute approximate surface area is 123 Å². The number of furan rings is 1. The van der Waals surface area contributed by atoms with Crippen molar-refractivity contribution in [1.29, 1.82) is 0 Å². The second-order valence-electron chi connectivity index (χ2n) is 5.69. The van der Waals surface area contributed by atoms with Crippen LogP contribution in [-0.2, 0) is 9.59 Å². The van der Waals surface area contributed by atoms with E-state index < -0.39 is 17.9 Å². The first-order valence-electron chi connectivity index (χ1n) is 6.62. The number of carbonyl (C=O) groups excluding carboxylic acids is 3. The van der Waals surface area contributed by atoms with Crippen molar-refractivity contribution in [3.63, 3.8) is 0 Å². The Morgan fingerprint density at radius 1 is 1.29 bits per heavy atom. The Kier molecular flexibility index (Phi) is 5.52. The summed E-state index contributed by atoms with van der Waals surface area (Å²) in [6.07, 6.45) is 1.37. The summed E-state index contributed by atoms with van der Waals surface area (Å²) in [5.74, 6) is -1.10. The molecule has 116 valence electrons. The zero-order chi connectivity index (χ0) is 16.0. The molecule has 1 heterocycles. The van der Waals surface area contributed by atoms with Gasteiger partial charge in [0.2, 0.25) is 11.8 Å². The fraction of sp³-hybridized carbons (Fsp3) is 0.500. The summed E-state index contributed by atoms with van der Waals surface area (Å²) in [7, 11) is 0. The van der Waals surface area contributed by atoms with Gasteiger partial charge in [-0.15, -0.1) is 0 Å². The van der Waals surface area contributed by atoms with Gasteiger partial charge in [-0.25, -0.2) is 0 Å². The Morgan fingerprint density at radius 2 is 1.95 bits per heavy atom. The number of nitrogens with one attached hydrogen (secondary N) is 3. The fourth-order valence-corrected chi connectivity index (χ4v) is 1.52. The van der Waals surface area contributed by atoms with Crippen LogP contribution in [0, 0.1) is 0 Å². The predicted octanol–water partition coefficient (Wildman–Crippen LogP) is 0.429. The van der Waals surface area contributed by atoms with E-state index in [0.29, 0.717) is 0 Å². The van der Waals surface area contributed by atoms with Gasteiger partial charge in [0.15, 0.2) is 5.76 Å². The van der Waals surface area contributed by atoms with E-state index in [-0.39, 0.29) is 23.8 Å². The van der Waals surface area contributed by atoms with Crippen molar-refractivity contribution < 1.29 is 18.8 Å². The molecule has 0 aliphatic heterocycles. The molecule has 21 heavy (non-hydrogen) atoms. The number of hydrogen-bond donors (Lipinski definition) is 3. The standard InChI is InChI=1S/C14H21N3O4/c1-9(16-13(20)10-6-5-7-21-10)12(19)15-8-11(18)17-14(2,3)4/h5-7,9H,8H2,1-4H3,(H,15,19)(H,16,20)(H,17,18)/t9-/m0/s1. The van der Waals surface area contributed by atoms with Crippen molar-refractivity contribution in [2.24, 2.45) is 0 Å². The van der Waals surface area contributed by atoms with Crippen LogP contribution in [0.4, 0.5) is 0 Å². The lowest BCUT2D eigenvalue weighted by atomic mass is 10.1. The zero-order valence-electron chi connectivity index (χ0n) is 12.6. The second kappa shape index (κ2) is 6.92. The van der Waals surface area contributed by atoms with Crippen LogP contribution in [0.1, 0.15) is 38.2 Å². The Balaban J connectivity index is 2.38. The van der Waals surface area contributed by atoms with Crippen molar-refractivity contribution >= 4 is 17.7 Å². The van der Waals surface area contributed by atoms with Gasteiger partial charge in [0.1, 0.15) is 6.04 Å². The highest BCUT2D eigenvalue weighted by atomic mass is 16.3. The van der Waals surface area contributed by atoms with Crippen LogP contribution < -0.4 is 16.0 Å².